The third-order valence-corrected chi connectivity index (χ3v) is 6.90. The maximum atomic E-state index is 13.8. The molecule has 0 saturated heterocycles. The Hall–Kier alpha value is -2.93. The summed E-state index contributed by atoms with van der Waals surface area (Å²) in [7, 11) is -0.616. The highest BCUT2D eigenvalue weighted by Crippen LogP contribution is 2.36. The van der Waals surface area contributed by atoms with Gasteiger partial charge in [-0.25, -0.2) is 23.1 Å². The Morgan fingerprint density at radius 3 is 2.53 bits per heavy atom. The summed E-state index contributed by atoms with van der Waals surface area (Å²) >= 11 is 0. The quantitative estimate of drug-likeness (QED) is 0.478. The fraction of sp³-hybridized carbons (Fsp3) is 0.522. The van der Waals surface area contributed by atoms with Gasteiger partial charge in [-0.1, -0.05) is 12.8 Å². The van der Waals surface area contributed by atoms with Crippen LogP contribution in [0.3, 0.4) is 0 Å². The number of ether oxygens (including phenoxy) is 1. The molecule has 0 aliphatic heterocycles. The highest BCUT2D eigenvalue weighted by atomic mass is 32.2. The first-order valence-corrected chi connectivity index (χ1v) is 13.3. The number of aromatic nitrogens is 2. The molecule has 0 bridgehead atoms. The van der Waals surface area contributed by atoms with Gasteiger partial charge in [0.1, 0.15) is 5.75 Å². The van der Waals surface area contributed by atoms with E-state index in [0.29, 0.717) is 29.7 Å². The molecule has 13 heteroatoms. The van der Waals surface area contributed by atoms with Crippen molar-refractivity contribution in [3.8, 4) is 5.75 Å². The van der Waals surface area contributed by atoms with Gasteiger partial charge in [0.05, 0.1) is 30.3 Å². The molecule has 1 aromatic carbocycles. The summed E-state index contributed by atoms with van der Waals surface area (Å²) in [6.45, 7) is 1.71. The highest BCUT2D eigenvalue weighted by Gasteiger charge is 2.37. The second-order valence-electron chi connectivity index (χ2n) is 8.87. The summed E-state index contributed by atoms with van der Waals surface area (Å²) in [5.74, 6) is -0.447. The van der Waals surface area contributed by atoms with E-state index in [4.69, 9.17) is 4.74 Å². The highest BCUT2D eigenvalue weighted by molar-refractivity contribution is 7.88. The third kappa shape index (κ3) is 6.84. The van der Waals surface area contributed by atoms with Crippen LogP contribution in [0.2, 0.25) is 0 Å². The molecule has 3 rings (SSSR count). The lowest BCUT2D eigenvalue weighted by atomic mass is 9.81. The minimum atomic E-state index is -4.67. The number of anilines is 2. The number of nitrogens with one attached hydrogen (secondary N) is 3. The lowest BCUT2D eigenvalue weighted by Gasteiger charge is -2.32. The number of hydrogen-bond acceptors (Lipinski definition) is 7. The van der Waals surface area contributed by atoms with Crippen molar-refractivity contribution in [2.24, 2.45) is 5.92 Å². The molecule has 1 fully saturated rings. The summed E-state index contributed by atoms with van der Waals surface area (Å²) in [5, 5.41) is 5.43. The third-order valence-electron chi connectivity index (χ3n) is 6.17. The number of carbonyl (C=O) groups is 1. The monoisotopic (exact) mass is 529 g/mol. The van der Waals surface area contributed by atoms with Gasteiger partial charge in [0, 0.05) is 24.8 Å². The first kappa shape index (κ1) is 27.7. The Morgan fingerprint density at radius 1 is 1.22 bits per heavy atom. The van der Waals surface area contributed by atoms with Gasteiger partial charge in [-0.15, -0.1) is 0 Å². The van der Waals surface area contributed by atoms with Gasteiger partial charge in [-0.3, -0.25) is 4.79 Å². The second kappa shape index (κ2) is 11.0. The van der Waals surface area contributed by atoms with Crippen LogP contribution in [0.5, 0.6) is 5.75 Å². The first-order chi connectivity index (χ1) is 16.8. The van der Waals surface area contributed by atoms with Gasteiger partial charge in [0.2, 0.25) is 16.0 Å². The van der Waals surface area contributed by atoms with Gasteiger partial charge >= 0.3 is 6.18 Å². The van der Waals surface area contributed by atoms with Crippen LogP contribution in [-0.4, -0.2) is 50.7 Å². The number of amides is 1. The Kier molecular flexibility index (Phi) is 8.44. The van der Waals surface area contributed by atoms with Crippen LogP contribution >= 0.6 is 0 Å². The topological polar surface area (TPSA) is 122 Å². The van der Waals surface area contributed by atoms with E-state index in [1.165, 1.54) is 20.2 Å². The number of carbonyl (C=O) groups excluding carboxylic acids is 1. The molecular formula is C23H30F3N5O4S. The standard InChI is InChI=1S/C23H30F3N5O4S/c1-13-9-19(20(35-3)11-15(13)21(32)27-2)30-22-28-12-16(23(24,25)26)18(29-22)10-14-7-5-6-8-17(14)31-36(4,33)34/h9,11-12,14,17,31H,5-8,10H2,1-4H3,(H,27,32)(H,28,29,30)/t14-,17+/m0/s1. The van der Waals surface area contributed by atoms with E-state index in [1.54, 1.807) is 13.0 Å². The fourth-order valence-corrected chi connectivity index (χ4v) is 5.31. The number of methoxy groups -OCH3 is 1. The SMILES string of the molecule is CNC(=O)c1cc(OC)c(Nc2ncc(C(F)(F)F)c(C[C@@H]3CCCC[C@H]3NS(C)(=O)=O)n2)cc1C. The van der Waals surface area contributed by atoms with Crippen molar-refractivity contribution >= 4 is 27.6 Å². The van der Waals surface area contributed by atoms with E-state index in [2.05, 4.69) is 25.3 Å². The summed E-state index contributed by atoms with van der Waals surface area (Å²) in [6, 6.07) is 2.67. The molecule has 1 aliphatic carbocycles. The van der Waals surface area contributed by atoms with E-state index < -0.39 is 27.8 Å². The van der Waals surface area contributed by atoms with E-state index in [-0.39, 0.29) is 35.6 Å². The Morgan fingerprint density at radius 2 is 1.92 bits per heavy atom. The number of aryl methyl sites for hydroxylation is 1. The lowest BCUT2D eigenvalue weighted by Crippen LogP contribution is -2.42. The smallest absolute Gasteiger partial charge is 0.419 e. The minimum Gasteiger partial charge on any atom is -0.495 e. The Bertz CT molecular complexity index is 1220. The molecule has 9 nitrogen and oxygen atoms in total. The molecule has 2 aromatic rings. The van der Waals surface area contributed by atoms with E-state index in [1.807, 2.05) is 0 Å². The van der Waals surface area contributed by atoms with Gasteiger partial charge in [0.15, 0.2) is 0 Å². The van der Waals surface area contributed by atoms with Crippen LogP contribution < -0.4 is 20.1 Å². The van der Waals surface area contributed by atoms with Crippen LogP contribution in [0.15, 0.2) is 18.3 Å². The molecule has 2 atom stereocenters. The van der Waals surface area contributed by atoms with Gasteiger partial charge < -0.3 is 15.4 Å². The van der Waals surface area contributed by atoms with Crippen LogP contribution in [0.25, 0.3) is 0 Å². The van der Waals surface area contributed by atoms with Crippen molar-refractivity contribution in [2.45, 2.75) is 51.2 Å². The molecular weight excluding hydrogens is 499 g/mol. The second-order valence-corrected chi connectivity index (χ2v) is 10.6. The average Bonchev–Trinajstić information content (AvgIpc) is 2.78. The molecule has 198 valence electrons. The zero-order valence-electron chi connectivity index (χ0n) is 20.5. The van der Waals surface area contributed by atoms with Crippen LogP contribution in [0.4, 0.5) is 24.8 Å². The van der Waals surface area contributed by atoms with Crippen molar-refractivity contribution in [2.75, 3.05) is 25.7 Å². The van der Waals surface area contributed by atoms with Crippen LogP contribution in [0, 0.1) is 12.8 Å². The molecule has 1 amide bonds. The predicted molar refractivity (Wildman–Crippen MR) is 129 cm³/mol. The molecule has 1 saturated carbocycles. The van der Waals surface area contributed by atoms with Crippen molar-refractivity contribution in [3.63, 3.8) is 0 Å². The number of rotatable bonds is 8. The molecule has 0 radical (unpaired) electrons. The van der Waals surface area contributed by atoms with Crippen molar-refractivity contribution in [1.29, 1.82) is 0 Å². The predicted octanol–water partition coefficient (Wildman–Crippen LogP) is 3.57. The maximum Gasteiger partial charge on any atom is 0.419 e. The molecule has 1 aromatic heterocycles. The summed E-state index contributed by atoms with van der Waals surface area (Å²) in [5.41, 5.74) is 0.194. The van der Waals surface area contributed by atoms with Crippen LogP contribution in [0.1, 0.15) is 52.9 Å². The van der Waals surface area contributed by atoms with E-state index >= 15 is 0 Å². The zero-order chi connectivity index (χ0) is 26.7. The Labute approximate surface area is 208 Å². The van der Waals surface area contributed by atoms with Gasteiger partial charge in [0.25, 0.3) is 5.91 Å². The van der Waals surface area contributed by atoms with Gasteiger partial charge in [-0.05, 0) is 49.8 Å². The molecule has 0 spiro atoms. The molecule has 0 unspecified atom stereocenters. The summed E-state index contributed by atoms with van der Waals surface area (Å²) in [6.07, 6.45) is -0.274. The Balaban J connectivity index is 1.96. The molecule has 3 N–H and O–H groups in total. The number of hydrogen-bond donors (Lipinski definition) is 3. The minimum absolute atomic E-state index is 0.0645. The van der Waals surface area contributed by atoms with Crippen molar-refractivity contribution in [1.82, 2.24) is 20.0 Å². The average molecular weight is 530 g/mol. The molecule has 36 heavy (non-hydrogen) atoms. The number of benzene rings is 1. The van der Waals surface area contributed by atoms with E-state index in [0.717, 1.165) is 25.3 Å². The molecule has 1 aliphatic rings. The number of halogens is 3. The fourth-order valence-electron chi connectivity index (χ4n) is 4.45. The zero-order valence-corrected chi connectivity index (χ0v) is 21.3. The number of alkyl halides is 3. The lowest BCUT2D eigenvalue weighted by molar-refractivity contribution is -0.138. The first-order valence-electron chi connectivity index (χ1n) is 11.4. The number of sulfonamides is 1. The normalized spacial score (nSPS) is 18.5. The maximum absolute atomic E-state index is 13.8. The van der Waals surface area contributed by atoms with Crippen LogP contribution in [-0.2, 0) is 22.6 Å². The summed E-state index contributed by atoms with van der Waals surface area (Å²) in [4.78, 5) is 20.1. The summed E-state index contributed by atoms with van der Waals surface area (Å²) < 4.78 is 72.9. The van der Waals surface area contributed by atoms with E-state index in [9.17, 15) is 26.4 Å². The van der Waals surface area contributed by atoms with Crippen molar-refractivity contribution < 1.29 is 31.1 Å². The van der Waals surface area contributed by atoms with Gasteiger partial charge in [-0.2, -0.15) is 13.2 Å². The largest absolute Gasteiger partial charge is 0.495 e. The van der Waals surface area contributed by atoms with Crippen molar-refractivity contribution in [3.05, 3.63) is 40.7 Å². The molecule has 1 heterocycles. The number of nitrogens with zero attached hydrogens (tertiary/aromatic N) is 2.